The highest BCUT2D eigenvalue weighted by Gasteiger charge is 2.12. The van der Waals surface area contributed by atoms with E-state index in [4.69, 9.17) is 0 Å². The number of H-pyrrole nitrogens is 2. The molecule has 2 heterocycles. The molecule has 0 radical (unpaired) electrons. The molecule has 0 spiro atoms. The zero-order valence-electron chi connectivity index (χ0n) is 14.1. The predicted octanol–water partition coefficient (Wildman–Crippen LogP) is 4.58. The van der Waals surface area contributed by atoms with Crippen molar-refractivity contribution >= 4 is 6.21 Å². The minimum absolute atomic E-state index is 0.832. The van der Waals surface area contributed by atoms with Crippen molar-refractivity contribution in [3.63, 3.8) is 0 Å². The lowest BCUT2D eigenvalue weighted by molar-refractivity contribution is 0.800. The average molecular weight is 328 g/mol. The van der Waals surface area contributed by atoms with E-state index in [1.165, 1.54) is 16.7 Å². The lowest BCUT2D eigenvalue weighted by Gasteiger charge is -2.14. The van der Waals surface area contributed by atoms with E-state index in [1.54, 1.807) is 7.05 Å². The monoisotopic (exact) mass is 328 g/mol. The average Bonchev–Trinajstić information content (AvgIpc) is 3.07. The van der Waals surface area contributed by atoms with Crippen LogP contribution in [0.2, 0.25) is 0 Å². The second-order valence-electron chi connectivity index (χ2n) is 6.01. The summed E-state index contributed by atoms with van der Waals surface area (Å²) in [4.78, 5) is 4.08. The van der Waals surface area contributed by atoms with E-state index in [-0.39, 0.29) is 0 Å². The number of hydrogen-bond donors (Lipinski definition) is 2. The zero-order valence-corrected chi connectivity index (χ0v) is 14.1. The summed E-state index contributed by atoms with van der Waals surface area (Å²) in [5.41, 5.74) is 7.01. The highest BCUT2D eigenvalue weighted by Crippen LogP contribution is 2.24. The fraction of sp³-hybridized carbons (Fsp3) is 0.0952. The molecule has 0 bridgehead atoms. The van der Waals surface area contributed by atoms with Crippen LogP contribution >= 0.6 is 0 Å². The number of nitrogens with zero attached hydrogens (tertiary/aromatic N) is 2. The topological polar surface area (TPSA) is 48.9 Å². The van der Waals surface area contributed by atoms with E-state index in [0.29, 0.717) is 0 Å². The molecule has 4 nitrogen and oxygen atoms in total. The van der Waals surface area contributed by atoms with Crippen LogP contribution < -0.4 is 0 Å². The first-order valence-corrected chi connectivity index (χ1v) is 8.33. The van der Waals surface area contributed by atoms with Crippen LogP contribution in [-0.2, 0) is 6.54 Å². The van der Waals surface area contributed by atoms with Crippen molar-refractivity contribution in [2.24, 2.45) is 4.99 Å². The van der Waals surface area contributed by atoms with E-state index in [9.17, 15) is 0 Å². The van der Waals surface area contributed by atoms with Gasteiger partial charge in [0.1, 0.15) is 5.69 Å². The zero-order chi connectivity index (χ0) is 17.1. The Morgan fingerprint density at radius 3 is 2.32 bits per heavy atom. The maximum Gasteiger partial charge on any atom is 0.104 e. The number of aromatic amines is 2. The van der Waals surface area contributed by atoms with Gasteiger partial charge < -0.3 is 4.57 Å². The lowest BCUT2D eigenvalue weighted by Crippen LogP contribution is -2.08. The van der Waals surface area contributed by atoms with Gasteiger partial charge in [0.25, 0.3) is 0 Å². The molecule has 0 aliphatic heterocycles. The number of benzene rings is 2. The number of hydrogen-bond acceptors (Lipinski definition) is 1. The molecular formula is C21H20N4. The molecule has 4 heteroatoms. The maximum atomic E-state index is 4.08. The van der Waals surface area contributed by atoms with Gasteiger partial charge in [-0.1, -0.05) is 54.6 Å². The first-order valence-electron chi connectivity index (χ1n) is 8.33. The standard InChI is InChI=1S/C21H20N4/c1-22-14-19-21(24-23-19)20-8-5-13-25(20)15-16-9-11-18(12-10-16)17-6-3-2-4-7-17/h2-14,23-24H,15H2,1H3/b22-14+. The summed E-state index contributed by atoms with van der Waals surface area (Å²) in [7, 11) is 1.78. The summed E-state index contributed by atoms with van der Waals surface area (Å²) >= 11 is 0. The molecule has 0 unspecified atom stereocenters. The van der Waals surface area contributed by atoms with Gasteiger partial charge in [0.05, 0.1) is 11.4 Å². The van der Waals surface area contributed by atoms with E-state index in [0.717, 1.165) is 23.6 Å². The Morgan fingerprint density at radius 1 is 0.880 bits per heavy atom. The van der Waals surface area contributed by atoms with Crippen molar-refractivity contribution < 1.29 is 0 Å². The number of rotatable bonds is 5. The number of aliphatic imine (C=N–C) groups is 1. The fourth-order valence-electron chi connectivity index (χ4n) is 3.03. The second kappa shape index (κ2) is 6.69. The third-order valence-electron chi connectivity index (χ3n) is 4.35. The minimum atomic E-state index is 0.832. The molecule has 2 aromatic carbocycles. The third kappa shape index (κ3) is 3.06. The SMILES string of the molecule is C/N=C/c1[nH][nH]c1-c1cccn1Cc1ccc(-c2ccccc2)cc1. The van der Waals surface area contributed by atoms with E-state index >= 15 is 0 Å². The molecule has 0 saturated carbocycles. The summed E-state index contributed by atoms with van der Waals surface area (Å²) in [5, 5.41) is 6.23. The Kier molecular flexibility index (Phi) is 4.09. The van der Waals surface area contributed by atoms with E-state index in [1.807, 2.05) is 12.3 Å². The maximum absolute atomic E-state index is 4.08. The summed E-state index contributed by atoms with van der Waals surface area (Å²) < 4.78 is 2.24. The van der Waals surface area contributed by atoms with Gasteiger partial charge in [-0.25, -0.2) is 0 Å². The molecule has 0 aliphatic carbocycles. The molecule has 2 N–H and O–H groups in total. The highest BCUT2D eigenvalue weighted by molar-refractivity contribution is 5.86. The van der Waals surface area contributed by atoms with Crippen molar-refractivity contribution in [1.82, 2.24) is 14.8 Å². The van der Waals surface area contributed by atoms with Gasteiger partial charge in [0.15, 0.2) is 0 Å². The van der Waals surface area contributed by atoms with Gasteiger partial charge >= 0.3 is 0 Å². The Bertz CT molecular complexity index is 969. The Hall–Kier alpha value is -3.27. The molecular weight excluding hydrogens is 308 g/mol. The number of aromatic nitrogens is 3. The summed E-state index contributed by atoms with van der Waals surface area (Å²) in [5.74, 6) is 0. The number of nitrogens with one attached hydrogen (secondary N) is 2. The molecule has 0 atom stereocenters. The van der Waals surface area contributed by atoms with Crippen LogP contribution in [0.1, 0.15) is 11.3 Å². The van der Waals surface area contributed by atoms with Crippen LogP contribution in [0, 0.1) is 0 Å². The second-order valence-corrected chi connectivity index (χ2v) is 6.01. The van der Waals surface area contributed by atoms with Crippen LogP contribution in [0.3, 0.4) is 0 Å². The molecule has 4 aromatic rings. The van der Waals surface area contributed by atoms with E-state index in [2.05, 4.69) is 86.6 Å². The van der Waals surface area contributed by atoms with Crippen LogP contribution in [-0.4, -0.2) is 28.0 Å². The largest absolute Gasteiger partial charge is 0.342 e. The Balaban J connectivity index is 1.56. The lowest BCUT2D eigenvalue weighted by atomic mass is 10.0. The third-order valence-corrected chi connectivity index (χ3v) is 4.35. The molecule has 0 aliphatic rings. The molecule has 124 valence electrons. The highest BCUT2D eigenvalue weighted by atomic mass is 15.2. The fourth-order valence-corrected chi connectivity index (χ4v) is 3.03. The summed E-state index contributed by atoms with van der Waals surface area (Å²) in [6.45, 7) is 0.832. The van der Waals surface area contributed by atoms with Crippen LogP contribution in [0.25, 0.3) is 22.5 Å². The summed E-state index contributed by atoms with van der Waals surface area (Å²) in [6.07, 6.45) is 3.94. The molecule has 2 aromatic heterocycles. The molecule has 25 heavy (non-hydrogen) atoms. The van der Waals surface area contributed by atoms with Gasteiger partial charge in [0, 0.05) is 26.0 Å². The summed E-state index contributed by atoms with van der Waals surface area (Å²) in [6, 6.07) is 23.4. The normalized spacial score (nSPS) is 11.4. The molecule has 0 fully saturated rings. The van der Waals surface area contributed by atoms with Crippen molar-refractivity contribution in [2.75, 3.05) is 7.05 Å². The predicted molar refractivity (Wildman–Crippen MR) is 103 cm³/mol. The van der Waals surface area contributed by atoms with Gasteiger partial charge in [-0.15, -0.1) is 0 Å². The Labute approximate surface area is 146 Å². The van der Waals surface area contributed by atoms with Gasteiger partial charge in [-0.3, -0.25) is 15.2 Å². The first kappa shape index (κ1) is 15.3. The van der Waals surface area contributed by atoms with Gasteiger partial charge in [-0.05, 0) is 28.8 Å². The van der Waals surface area contributed by atoms with Crippen LogP contribution in [0.5, 0.6) is 0 Å². The van der Waals surface area contributed by atoms with Gasteiger partial charge in [-0.2, -0.15) is 0 Å². The van der Waals surface area contributed by atoms with Crippen molar-refractivity contribution in [1.29, 1.82) is 0 Å². The molecule has 0 saturated heterocycles. The Morgan fingerprint density at radius 2 is 1.64 bits per heavy atom. The van der Waals surface area contributed by atoms with Crippen molar-refractivity contribution in [2.45, 2.75) is 6.54 Å². The smallest absolute Gasteiger partial charge is 0.104 e. The van der Waals surface area contributed by atoms with Crippen molar-refractivity contribution in [3.05, 3.63) is 84.2 Å². The molecule has 4 rings (SSSR count). The van der Waals surface area contributed by atoms with Crippen LogP contribution in [0.4, 0.5) is 0 Å². The molecule has 0 amide bonds. The first-order chi connectivity index (χ1) is 12.3. The van der Waals surface area contributed by atoms with Crippen LogP contribution in [0.15, 0.2) is 77.9 Å². The van der Waals surface area contributed by atoms with E-state index < -0.39 is 0 Å². The van der Waals surface area contributed by atoms with Crippen molar-refractivity contribution in [3.8, 4) is 22.5 Å². The minimum Gasteiger partial charge on any atom is -0.342 e. The quantitative estimate of drug-likeness (QED) is 0.504. The van der Waals surface area contributed by atoms with Gasteiger partial charge in [0.2, 0.25) is 0 Å².